The molecule has 1 saturated carbocycles. The molecule has 2 N–H and O–H groups in total. The van der Waals surface area contributed by atoms with E-state index >= 15 is 0 Å². The predicted molar refractivity (Wildman–Crippen MR) is 56.0 cm³/mol. The molecule has 14 heavy (non-hydrogen) atoms. The molecular weight excluding hydrogens is 174 g/mol. The zero-order valence-electron chi connectivity index (χ0n) is 7.96. The maximum atomic E-state index is 4.19. The maximum absolute atomic E-state index is 4.19. The molecule has 3 nitrogen and oxygen atoms in total. The summed E-state index contributed by atoms with van der Waals surface area (Å²) in [5, 5.41) is 3.50. The number of fused-ring (bicyclic) bond motifs is 1. The molecular formula is C11H13N3. The van der Waals surface area contributed by atoms with Crippen molar-refractivity contribution in [3.63, 3.8) is 0 Å². The standard InChI is InChI=1S/C11H13N3/c1-4-10-11(14-7-13-10)5-8(1)6-12-9-2-3-9/h1,4-5,7,9,12H,2-3,6H2,(H,13,14). The van der Waals surface area contributed by atoms with Gasteiger partial charge in [-0.15, -0.1) is 0 Å². The van der Waals surface area contributed by atoms with Crippen LogP contribution in [0.2, 0.25) is 0 Å². The van der Waals surface area contributed by atoms with Crippen LogP contribution >= 0.6 is 0 Å². The Labute approximate surface area is 82.5 Å². The molecule has 0 radical (unpaired) electrons. The van der Waals surface area contributed by atoms with E-state index in [4.69, 9.17) is 0 Å². The molecule has 1 aromatic carbocycles. The summed E-state index contributed by atoms with van der Waals surface area (Å²) in [6.07, 6.45) is 4.42. The first-order chi connectivity index (χ1) is 6.92. The van der Waals surface area contributed by atoms with Gasteiger partial charge in [0.05, 0.1) is 17.4 Å². The third kappa shape index (κ3) is 1.51. The van der Waals surface area contributed by atoms with Crippen LogP contribution < -0.4 is 5.32 Å². The Hall–Kier alpha value is -1.35. The first-order valence-corrected chi connectivity index (χ1v) is 5.07. The second-order valence-corrected chi connectivity index (χ2v) is 3.91. The molecule has 0 amide bonds. The number of imidazole rings is 1. The molecule has 3 heteroatoms. The second-order valence-electron chi connectivity index (χ2n) is 3.91. The van der Waals surface area contributed by atoms with Crippen molar-refractivity contribution in [2.24, 2.45) is 0 Å². The van der Waals surface area contributed by atoms with Gasteiger partial charge >= 0.3 is 0 Å². The lowest BCUT2D eigenvalue weighted by atomic mass is 10.2. The van der Waals surface area contributed by atoms with Crippen LogP contribution in [0.4, 0.5) is 0 Å². The zero-order valence-corrected chi connectivity index (χ0v) is 7.96. The summed E-state index contributed by atoms with van der Waals surface area (Å²) in [7, 11) is 0. The molecule has 0 unspecified atom stereocenters. The van der Waals surface area contributed by atoms with Crippen LogP contribution in [0, 0.1) is 0 Å². The Morgan fingerprint density at radius 3 is 3.21 bits per heavy atom. The van der Waals surface area contributed by atoms with E-state index in [2.05, 4.69) is 33.5 Å². The number of nitrogens with zero attached hydrogens (tertiary/aromatic N) is 1. The minimum Gasteiger partial charge on any atom is -0.345 e. The summed E-state index contributed by atoms with van der Waals surface area (Å²) >= 11 is 0. The van der Waals surface area contributed by atoms with Gasteiger partial charge in [-0.2, -0.15) is 0 Å². The van der Waals surface area contributed by atoms with Gasteiger partial charge in [0, 0.05) is 12.6 Å². The minimum absolute atomic E-state index is 0.771. The van der Waals surface area contributed by atoms with Gasteiger partial charge in [-0.25, -0.2) is 4.98 Å². The molecule has 72 valence electrons. The van der Waals surface area contributed by atoms with E-state index in [0.29, 0.717) is 0 Å². The number of hydrogen-bond donors (Lipinski definition) is 2. The highest BCUT2D eigenvalue weighted by molar-refractivity contribution is 5.74. The molecule has 0 saturated heterocycles. The molecule has 1 heterocycles. The summed E-state index contributed by atoms with van der Waals surface area (Å²) in [6.45, 7) is 0.972. The van der Waals surface area contributed by atoms with Crippen LogP contribution in [-0.2, 0) is 6.54 Å². The van der Waals surface area contributed by atoms with Crippen molar-refractivity contribution < 1.29 is 0 Å². The van der Waals surface area contributed by atoms with Crippen LogP contribution in [0.3, 0.4) is 0 Å². The monoisotopic (exact) mass is 187 g/mol. The van der Waals surface area contributed by atoms with Gasteiger partial charge in [0.15, 0.2) is 0 Å². The highest BCUT2D eigenvalue weighted by atomic mass is 14.9. The van der Waals surface area contributed by atoms with Gasteiger partial charge in [-0.1, -0.05) is 6.07 Å². The number of aromatic amines is 1. The minimum atomic E-state index is 0.771. The SMILES string of the molecule is c1nc2ccc(CNC3CC3)cc2[nH]1. The van der Waals surface area contributed by atoms with Gasteiger partial charge in [0.1, 0.15) is 0 Å². The molecule has 0 bridgehead atoms. The van der Waals surface area contributed by atoms with Gasteiger partial charge in [0.25, 0.3) is 0 Å². The van der Waals surface area contributed by atoms with Crippen molar-refractivity contribution in [3.8, 4) is 0 Å². The van der Waals surface area contributed by atoms with E-state index in [0.717, 1.165) is 23.6 Å². The van der Waals surface area contributed by atoms with Gasteiger partial charge in [-0.3, -0.25) is 0 Å². The quantitative estimate of drug-likeness (QED) is 0.769. The Kier molecular flexibility index (Phi) is 1.77. The lowest BCUT2D eigenvalue weighted by molar-refractivity contribution is 0.688. The molecule has 1 aliphatic carbocycles. The highest BCUT2D eigenvalue weighted by Crippen LogP contribution is 2.19. The second kappa shape index (κ2) is 3.10. The number of aromatic nitrogens is 2. The van der Waals surface area contributed by atoms with Gasteiger partial charge < -0.3 is 10.3 Å². The van der Waals surface area contributed by atoms with E-state index in [1.165, 1.54) is 18.4 Å². The molecule has 1 aromatic heterocycles. The lowest BCUT2D eigenvalue weighted by Crippen LogP contribution is -2.15. The molecule has 0 atom stereocenters. The maximum Gasteiger partial charge on any atom is 0.0931 e. The fourth-order valence-electron chi connectivity index (χ4n) is 1.64. The normalized spacial score (nSPS) is 16.3. The van der Waals surface area contributed by atoms with E-state index in [1.807, 2.05) is 0 Å². The number of hydrogen-bond acceptors (Lipinski definition) is 2. The molecule has 0 spiro atoms. The number of nitrogens with one attached hydrogen (secondary N) is 2. The summed E-state index contributed by atoms with van der Waals surface area (Å²) in [5.41, 5.74) is 3.49. The largest absolute Gasteiger partial charge is 0.345 e. The summed E-state index contributed by atoms with van der Waals surface area (Å²) in [5.74, 6) is 0. The lowest BCUT2D eigenvalue weighted by Gasteiger charge is -2.02. The van der Waals surface area contributed by atoms with Crippen molar-refractivity contribution in [1.82, 2.24) is 15.3 Å². The van der Waals surface area contributed by atoms with E-state index < -0.39 is 0 Å². The van der Waals surface area contributed by atoms with E-state index in [-0.39, 0.29) is 0 Å². The smallest absolute Gasteiger partial charge is 0.0931 e. The Morgan fingerprint density at radius 2 is 2.36 bits per heavy atom. The Bertz CT molecular complexity index is 442. The average molecular weight is 187 g/mol. The fourth-order valence-corrected chi connectivity index (χ4v) is 1.64. The predicted octanol–water partition coefficient (Wildman–Crippen LogP) is 1.81. The van der Waals surface area contributed by atoms with Crippen molar-refractivity contribution in [2.75, 3.05) is 0 Å². The first kappa shape index (κ1) is 8.00. The van der Waals surface area contributed by atoms with Crippen LogP contribution in [0.25, 0.3) is 11.0 Å². The first-order valence-electron chi connectivity index (χ1n) is 5.07. The third-order valence-corrected chi connectivity index (χ3v) is 2.66. The van der Waals surface area contributed by atoms with E-state index in [1.54, 1.807) is 6.33 Å². The van der Waals surface area contributed by atoms with Crippen LogP contribution in [0.5, 0.6) is 0 Å². The Balaban J connectivity index is 1.81. The van der Waals surface area contributed by atoms with Gasteiger partial charge in [-0.05, 0) is 30.5 Å². The van der Waals surface area contributed by atoms with Gasteiger partial charge in [0.2, 0.25) is 0 Å². The number of H-pyrrole nitrogens is 1. The highest BCUT2D eigenvalue weighted by Gasteiger charge is 2.19. The molecule has 1 aliphatic rings. The zero-order chi connectivity index (χ0) is 9.38. The topological polar surface area (TPSA) is 40.7 Å². The number of benzene rings is 1. The van der Waals surface area contributed by atoms with Crippen molar-refractivity contribution in [3.05, 3.63) is 30.1 Å². The van der Waals surface area contributed by atoms with Crippen LogP contribution in [0.1, 0.15) is 18.4 Å². The molecule has 2 aromatic rings. The molecule has 1 fully saturated rings. The molecule has 3 rings (SSSR count). The van der Waals surface area contributed by atoms with Crippen molar-refractivity contribution >= 4 is 11.0 Å². The van der Waals surface area contributed by atoms with Crippen molar-refractivity contribution in [2.45, 2.75) is 25.4 Å². The summed E-state index contributed by atoms with van der Waals surface area (Å²) in [6, 6.07) is 7.14. The van der Waals surface area contributed by atoms with Crippen LogP contribution in [0.15, 0.2) is 24.5 Å². The number of rotatable bonds is 3. The third-order valence-electron chi connectivity index (χ3n) is 2.66. The summed E-state index contributed by atoms with van der Waals surface area (Å²) in [4.78, 5) is 7.32. The summed E-state index contributed by atoms with van der Waals surface area (Å²) < 4.78 is 0. The van der Waals surface area contributed by atoms with Crippen molar-refractivity contribution in [1.29, 1.82) is 0 Å². The molecule has 0 aliphatic heterocycles. The van der Waals surface area contributed by atoms with Crippen LogP contribution in [-0.4, -0.2) is 16.0 Å². The van der Waals surface area contributed by atoms with E-state index in [9.17, 15) is 0 Å². The average Bonchev–Trinajstić information content (AvgIpc) is 2.92. The Morgan fingerprint density at radius 1 is 1.43 bits per heavy atom. The fraction of sp³-hybridized carbons (Fsp3) is 0.364.